The molecule has 18 heavy (non-hydrogen) atoms. The number of halogens is 1. The van der Waals surface area contributed by atoms with Crippen molar-refractivity contribution >= 4 is 31.6 Å². The van der Waals surface area contributed by atoms with Gasteiger partial charge in [0.2, 0.25) is 10.0 Å². The lowest BCUT2D eigenvalue weighted by atomic mass is 10.2. The number of nitrogen functional groups attached to an aromatic ring is 1. The van der Waals surface area contributed by atoms with E-state index in [9.17, 15) is 8.42 Å². The molecule has 0 saturated carbocycles. The van der Waals surface area contributed by atoms with E-state index in [-0.39, 0.29) is 4.90 Å². The van der Waals surface area contributed by atoms with Crippen LogP contribution in [0.5, 0.6) is 0 Å². The van der Waals surface area contributed by atoms with Gasteiger partial charge in [-0.3, -0.25) is 0 Å². The quantitative estimate of drug-likeness (QED) is 0.792. The topological polar surface area (TPSA) is 75.4 Å². The monoisotopic (exact) mass is 335 g/mol. The number of likely N-dealkylation sites (N-methyl/N-ethyl adjacent to an activating group) is 1. The van der Waals surface area contributed by atoms with Crippen LogP contribution in [0.4, 0.5) is 5.69 Å². The van der Waals surface area contributed by atoms with Gasteiger partial charge in [0, 0.05) is 23.2 Å². The highest BCUT2D eigenvalue weighted by atomic mass is 79.9. The molecule has 0 amide bonds. The van der Waals surface area contributed by atoms with Crippen LogP contribution in [0, 0.1) is 6.92 Å². The number of benzene rings is 1. The SMILES string of the molecule is Cc1cc(Br)c(N)cc1S(=O)(=O)NCCN(C)C. The van der Waals surface area contributed by atoms with Crippen LogP contribution in [0.2, 0.25) is 0 Å². The van der Waals surface area contributed by atoms with Crippen molar-refractivity contribution in [3.8, 4) is 0 Å². The van der Waals surface area contributed by atoms with Crippen molar-refractivity contribution in [3.63, 3.8) is 0 Å². The van der Waals surface area contributed by atoms with Gasteiger partial charge >= 0.3 is 0 Å². The summed E-state index contributed by atoms with van der Waals surface area (Å²) in [5.74, 6) is 0. The Morgan fingerprint density at radius 3 is 2.56 bits per heavy atom. The predicted molar refractivity (Wildman–Crippen MR) is 77.0 cm³/mol. The van der Waals surface area contributed by atoms with Gasteiger partial charge < -0.3 is 10.6 Å². The van der Waals surface area contributed by atoms with E-state index in [1.807, 2.05) is 19.0 Å². The van der Waals surface area contributed by atoms with E-state index in [4.69, 9.17) is 5.73 Å². The molecule has 7 heteroatoms. The first-order chi connectivity index (χ1) is 8.24. The molecule has 102 valence electrons. The minimum Gasteiger partial charge on any atom is -0.398 e. The molecule has 3 N–H and O–H groups in total. The molecular formula is C11H18BrN3O2S. The zero-order valence-corrected chi connectivity index (χ0v) is 13.1. The zero-order valence-electron chi connectivity index (χ0n) is 10.7. The molecule has 1 aromatic carbocycles. The first kappa shape index (κ1) is 15.4. The van der Waals surface area contributed by atoms with Crippen molar-refractivity contribution in [1.82, 2.24) is 9.62 Å². The van der Waals surface area contributed by atoms with Gasteiger partial charge in [-0.25, -0.2) is 13.1 Å². The van der Waals surface area contributed by atoms with Crippen LogP contribution in [-0.2, 0) is 10.0 Å². The molecule has 0 bridgehead atoms. The maximum Gasteiger partial charge on any atom is 0.240 e. The van der Waals surface area contributed by atoms with Crippen LogP contribution >= 0.6 is 15.9 Å². The summed E-state index contributed by atoms with van der Waals surface area (Å²) in [7, 11) is 0.269. The van der Waals surface area contributed by atoms with Gasteiger partial charge in [0.25, 0.3) is 0 Å². The first-order valence-corrected chi connectivity index (χ1v) is 7.71. The van der Waals surface area contributed by atoms with Gasteiger partial charge in [0.05, 0.1) is 4.90 Å². The standard InChI is InChI=1S/C11H18BrN3O2S/c1-8-6-9(12)10(13)7-11(8)18(16,17)14-4-5-15(2)3/h6-7,14H,4-5,13H2,1-3H3. The third kappa shape index (κ3) is 3.94. The second kappa shape index (κ2) is 6.01. The van der Waals surface area contributed by atoms with Crippen LogP contribution in [-0.4, -0.2) is 40.5 Å². The average molecular weight is 336 g/mol. The Kier molecular flexibility index (Phi) is 5.15. The average Bonchev–Trinajstić information content (AvgIpc) is 2.22. The second-order valence-corrected chi connectivity index (χ2v) is 6.93. The van der Waals surface area contributed by atoms with E-state index >= 15 is 0 Å². The van der Waals surface area contributed by atoms with Gasteiger partial charge in [-0.1, -0.05) is 0 Å². The molecule has 0 atom stereocenters. The van der Waals surface area contributed by atoms with Crippen LogP contribution < -0.4 is 10.5 Å². The number of nitrogens with zero attached hydrogens (tertiary/aromatic N) is 1. The Morgan fingerprint density at radius 2 is 2.00 bits per heavy atom. The maximum absolute atomic E-state index is 12.1. The zero-order chi connectivity index (χ0) is 13.9. The predicted octanol–water partition coefficient (Wildman–Crippen LogP) is 1.18. The highest BCUT2D eigenvalue weighted by Crippen LogP contribution is 2.26. The summed E-state index contributed by atoms with van der Waals surface area (Å²) in [4.78, 5) is 2.13. The fraction of sp³-hybridized carbons (Fsp3) is 0.455. The Morgan fingerprint density at radius 1 is 1.39 bits per heavy atom. The molecule has 1 aromatic rings. The van der Waals surface area contributed by atoms with Gasteiger partial charge in [0.1, 0.15) is 0 Å². The third-order valence-corrected chi connectivity index (χ3v) is 4.72. The van der Waals surface area contributed by atoms with Gasteiger partial charge in [-0.2, -0.15) is 0 Å². The molecule has 0 saturated heterocycles. The summed E-state index contributed by atoms with van der Waals surface area (Å²) in [5.41, 5.74) is 6.79. The number of nitrogens with two attached hydrogens (primary N) is 1. The van der Waals surface area contributed by atoms with E-state index in [2.05, 4.69) is 20.7 Å². The highest BCUT2D eigenvalue weighted by Gasteiger charge is 2.17. The number of anilines is 1. The Hall–Kier alpha value is -0.630. The lowest BCUT2D eigenvalue weighted by molar-refractivity contribution is 0.412. The Balaban J connectivity index is 2.95. The number of hydrogen-bond acceptors (Lipinski definition) is 4. The van der Waals surface area contributed by atoms with Crippen molar-refractivity contribution in [2.45, 2.75) is 11.8 Å². The molecule has 5 nitrogen and oxygen atoms in total. The van der Waals surface area contributed by atoms with Crippen molar-refractivity contribution in [2.24, 2.45) is 0 Å². The summed E-state index contributed by atoms with van der Waals surface area (Å²) in [6, 6.07) is 3.17. The summed E-state index contributed by atoms with van der Waals surface area (Å²) >= 11 is 3.27. The molecule has 1 rings (SSSR count). The summed E-state index contributed by atoms with van der Waals surface area (Å²) in [5, 5.41) is 0. The van der Waals surface area contributed by atoms with Gasteiger partial charge in [0.15, 0.2) is 0 Å². The molecule has 0 fully saturated rings. The molecule has 0 aromatic heterocycles. The molecule has 0 aliphatic rings. The Labute approximate surface area is 117 Å². The first-order valence-electron chi connectivity index (χ1n) is 5.44. The Bertz CT molecular complexity index is 529. The van der Waals surface area contributed by atoms with Crippen molar-refractivity contribution in [2.75, 3.05) is 32.9 Å². The van der Waals surface area contributed by atoms with E-state index in [1.165, 1.54) is 6.07 Å². The maximum atomic E-state index is 12.1. The molecule has 0 unspecified atom stereocenters. The van der Waals surface area contributed by atoms with Gasteiger partial charge in [-0.15, -0.1) is 0 Å². The fourth-order valence-electron chi connectivity index (χ4n) is 1.44. The number of rotatable bonds is 5. The number of nitrogens with one attached hydrogen (secondary N) is 1. The lowest BCUT2D eigenvalue weighted by Crippen LogP contribution is -2.31. The fourth-order valence-corrected chi connectivity index (χ4v) is 3.18. The van der Waals surface area contributed by atoms with Crippen LogP contribution in [0.3, 0.4) is 0 Å². The number of sulfonamides is 1. The van der Waals surface area contributed by atoms with Crippen molar-refractivity contribution in [3.05, 3.63) is 22.2 Å². The van der Waals surface area contributed by atoms with Crippen molar-refractivity contribution in [1.29, 1.82) is 0 Å². The summed E-state index contributed by atoms with van der Waals surface area (Å²) in [6.07, 6.45) is 0. The van der Waals surface area contributed by atoms with E-state index < -0.39 is 10.0 Å². The largest absolute Gasteiger partial charge is 0.398 e. The van der Waals surface area contributed by atoms with Crippen LogP contribution in [0.1, 0.15) is 5.56 Å². The van der Waals surface area contributed by atoms with Crippen LogP contribution in [0.25, 0.3) is 0 Å². The van der Waals surface area contributed by atoms with E-state index in [0.717, 1.165) is 0 Å². The molecule has 0 aliphatic carbocycles. The molecular weight excluding hydrogens is 318 g/mol. The summed E-state index contributed by atoms with van der Waals surface area (Å²) in [6.45, 7) is 2.75. The minimum atomic E-state index is -3.50. The van der Waals surface area contributed by atoms with Crippen molar-refractivity contribution < 1.29 is 8.42 Å². The van der Waals surface area contributed by atoms with E-state index in [0.29, 0.717) is 28.8 Å². The third-order valence-electron chi connectivity index (χ3n) is 2.43. The molecule has 0 radical (unpaired) electrons. The smallest absolute Gasteiger partial charge is 0.240 e. The van der Waals surface area contributed by atoms with Gasteiger partial charge in [-0.05, 0) is 54.6 Å². The minimum absolute atomic E-state index is 0.224. The summed E-state index contributed by atoms with van der Waals surface area (Å²) < 4.78 is 27.5. The van der Waals surface area contributed by atoms with E-state index in [1.54, 1.807) is 13.0 Å². The molecule has 0 spiro atoms. The molecule has 0 heterocycles. The lowest BCUT2D eigenvalue weighted by Gasteiger charge is -2.13. The molecule has 0 aliphatic heterocycles. The van der Waals surface area contributed by atoms with Crippen LogP contribution in [0.15, 0.2) is 21.5 Å². The normalized spacial score (nSPS) is 12.1. The second-order valence-electron chi connectivity index (χ2n) is 4.34. The highest BCUT2D eigenvalue weighted by molar-refractivity contribution is 9.10. The number of hydrogen-bond donors (Lipinski definition) is 2. The number of aryl methyl sites for hydroxylation is 1.